The molecule has 0 aliphatic carbocycles. The first-order chi connectivity index (χ1) is 19.2. The summed E-state index contributed by atoms with van der Waals surface area (Å²) < 4.78 is 36.2. The number of nitrogens with one attached hydrogen (secondary N) is 2. The van der Waals surface area contributed by atoms with Gasteiger partial charge >= 0.3 is 19.4 Å². The number of rotatable bonds is 10. The fourth-order valence-electron chi connectivity index (χ4n) is 3.37. The summed E-state index contributed by atoms with van der Waals surface area (Å²) >= 11 is 0. The lowest BCUT2D eigenvalue weighted by molar-refractivity contribution is -0.143. The van der Waals surface area contributed by atoms with Crippen molar-refractivity contribution < 1.29 is 33.0 Å². The third-order valence-corrected chi connectivity index (χ3v) is 6.82. The number of nitrogens with zero attached hydrogens (tertiary/aromatic N) is 1. The number of aliphatic hydroxyl groups is 1. The minimum absolute atomic E-state index is 0.119. The first-order valence-corrected chi connectivity index (χ1v) is 14.7. The molecule has 4 unspecified atom stereocenters. The minimum atomic E-state index is -4.32. The molecule has 3 N–H and O–H groups in total. The Kier molecular flexibility index (Phi) is 12.9. The number of H-pyrrole nitrogens is 1. The molecule has 0 saturated carbocycles. The highest BCUT2D eigenvalue weighted by Gasteiger charge is 2.43. The summed E-state index contributed by atoms with van der Waals surface area (Å²) in [5.74, 6) is 0.281. The molecule has 3 rings (SSSR count). The van der Waals surface area contributed by atoms with Gasteiger partial charge in [-0.05, 0) is 44.9 Å². The second-order valence-electron chi connectivity index (χ2n) is 10.2. The van der Waals surface area contributed by atoms with Gasteiger partial charge < -0.3 is 19.1 Å². The van der Waals surface area contributed by atoms with Crippen molar-refractivity contribution >= 4 is 19.8 Å². The van der Waals surface area contributed by atoms with Crippen LogP contribution in [-0.2, 0) is 23.4 Å². The van der Waals surface area contributed by atoms with Crippen LogP contribution in [0.15, 0.2) is 63.8 Å². The normalized spacial score (nSPS) is 20.6. The van der Waals surface area contributed by atoms with E-state index in [0.29, 0.717) is 0 Å². The average Bonchev–Trinajstić information content (AvgIpc) is 3.23. The smallest absolute Gasteiger partial charge is 0.461 e. The van der Waals surface area contributed by atoms with Crippen molar-refractivity contribution in [1.82, 2.24) is 14.6 Å². The predicted molar refractivity (Wildman–Crippen MR) is 155 cm³/mol. The van der Waals surface area contributed by atoms with E-state index in [0.717, 1.165) is 16.1 Å². The molecule has 1 aromatic heterocycles. The van der Waals surface area contributed by atoms with Crippen LogP contribution in [0.4, 0.5) is 0 Å². The van der Waals surface area contributed by atoms with Gasteiger partial charge in [0.2, 0.25) is 0 Å². The molecule has 2 aromatic rings. The lowest BCUT2D eigenvalue weighted by atomic mass is 10.2. The number of aromatic amines is 1. The number of ether oxygens (including phenoxy) is 2. The van der Waals surface area contributed by atoms with E-state index in [9.17, 15) is 24.1 Å². The van der Waals surface area contributed by atoms with Gasteiger partial charge in [-0.25, -0.2) is 9.36 Å². The van der Waals surface area contributed by atoms with E-state index < -0.39 is 49.6 Å². The van der Waals surface area contributed by atoms with E-state index in [2.05, 4.69) is 35.6 Å². The molecule has 1 fully saturated rings. The maximum atomic E-state index is 13.6. The molecule has 0 amide bonds. The topological polar surface area (TPSA) is 158 Å². The number of hydrogen-bond acceptors (Lipinski definition) is 9. The van der Waals surface area contributed by atoms with Crippen molar-refractivity contribution in [3.8, 4) is 5.75 Å². The van der Waals surface area contributed by atoms with Crippen molar-refractivity contribution in [2.75, 3.05) is 7.11 Å². The quantitative estimate of drug-likeness (QED) is 0.208. The number of carbonyl (C=O) groups excluding carboxylic acids is 1. The molecule has 13 heteroatoms. The number of para-hydroxylation sites is 1. The molecule has 41 heavy (non-hydrogen) atoms. The zero-order chi connectivity index (χ0) is 30.7. The van der Waals surface area contributed by atoms with Crippen molar-refractivity contribution in [2.45, 2.75) is 72.6 Å². The molecular weight excluding hydrogens is 553 g/mol. The molecule has 2 heterocycles. The maximum Gasteiger partial charge on any atom is 0.461 e. The maximum absolute atomic E-state index is 13.6. The Bertz CT molecular complexity index is 1360. The molecule has 5 atom stereocenters. The molecule has 1 aromatic carbocycles. The molecule has 1 aliphatic heterocycles. The summed E-state index contributed by atoms with van der Waals surface area (Å²) in [5, 5.41) is 13.1. The van der Waals surface area contributed by atoms with Crippen LogP contribution in [0, 0.1) is 5.92 Å². The second kappa shape index (κ2) is 15.6. The standard InChI is InChI=1S/C24H30N3O9P.C4H10/c1-15(2)9-8-10-17-14-27(24(31)25-21(17)29)20-13-19(28)23(34-20)36-37(32,26-16(3)22(30)33-4)35-18-11-6-5-7-12-18;1-4(2)3/h5-12,14,16,19-20,23,28H,13H2,1-4H3,(H,26,32)(H,25,29,31);4H,1-3H3/b10-8+;/t16-,19?,20?,23?,37?;/m0./s1. The molecule has 12 nitrogen and oxygen atoms in total. The van der Waals surface area contributed by atoms with Gasteiger partial charge in [0.05, 0.1) is 12.7 Å². The Morgan fingerprint density at radius 2 is 1.83 bits per heavy atom. The van der Waals surface area contributed by atoms with Gasteiger partial charge in [-0.15, -0.1) is 0 Å². The van der Waals surface area contributed by atoms with Gasteiger partial charge in [-0.1, -0.05) is 56.7 Å². The lowest BCUT2D eigenvalue weighted by Crippen LogP contribution is -2.37. The van der Waals surface area contributed by atoms with E-state index in [1.54, 1.807) is 30.4 Å². The second-order valence-corrected chi connectivity index (χ2v) is 11.9. The van der Waals surface area contributed by atoms with E-state index in [1.165, 1.54) is 38.4 Å². The Hall–Kier alpha value is -3.28. The van der Waals surface area contributed by atoms with Crippen LogP contribution in [0.25, 0.3) is 6.08 Å². The minimum Gasteiger partial charge on any atom is -0.468 e. The number of hydrogen-bond donors (Lipinski definition) is 3. The van der Waals surface area contributed by atoms with E-state index in [-0.39, 0.29) is 17.7 Å². The SMILES string of the molecule is CC(C)C.COC(=O)[C@H](C)NP(=O)(Oc1ccccc1)OC1OC(n2cc(/C=C/C=C(C)C)c(=O)[nH]c2=O)CC1O. The molecule has 0 bridgehead atoms. The third kappa shape index (κ3) is 10.9. The molecule has 0 spiro atoms. The number of aromatic nitrogens is 2. The number of esters is 1. The van der Waals surface area contributed by atoms with Crippen LogP contribution in [0.1, 0.15) is 59.8 Å². The highest BCUT2D eigenvalue weighted by molar-refractivity contribution is 7.52. The zero-order valence-electron chi connectivity index (χ0n) is 24.4. The van der Waals surface area contributed by atoms with Crippen LogP contribution in [0.2, 0.25) is 0 Å². The first kappa shape index (κ1) is 33.9. The van der Waals surface area contributed by atoms with E-state index >= 15 is 0 Å². The summed E-state index contributed by atoms with van der Waals surface area (Å²) in [4.78, 5) is 38.8. The Morgan fingerprint density at radius 3 is 2.41 bits per heavy atom. The summed E-state index contributed by atoms with van der Waals surface area (Å²) in [6, 6.07) is 6.98. The van der Waals surface area contributed by atoms with E-state index in [1.807, 2.05) is 13.8 Å². The molecule has 1 saturated heterocycles. The monoisotopic (exact) mass is 593 g/mol. The van der Waals surface area contributed by atoms with Crippen LogP contribution in [-0.4, -0.2) is 46.2 Å². The fourth-order valence-corrected chi connectivity index (χ4v) is 4.97. The number of benzene rings is 1. The van der Waals surface area contributed by atoms with Gasteiger partial charge in [0, 0.05) is 12.6 Å². The number of aliphatic hydroxyl groups excluding tert-OH is 1. The highest BCUT2D eigenvalue weighted by Crippen LogP contribution is 2.48. The molecule has 0 radical (unpaired) electrons. The number of methoxy groups -OCH3 is 1. The summed E-state index contributed by atoms with van der Waals surface area (Å²) in [6.45, 7) is 11.7. The van der Waals surface area contributed by atoms with Gasteiger partial charge in [-0.3, -0.25) is 23.7 Å². The van der Waals surface area contributed by atoms with Crippen LogP contribution >= 0.6 is 7.75 Å². The lowest BCUT2D eigenvalue weighted by Gasteiger charge is -2.26. The molecule has 226 valence electrons. The van der Waals surface area contributed by atoms with E-state index in [4.69, 9.17) is 13.8 Å². The average molecular weight is 594 g/mol. The van der Waals surface area contributed by atoms with Crippen molar-refractivity contribution in [1.29, 1.82) is 0 Å². The predicted octanol–water partition coefficient (Wildman–Crippen LogP) is 4.14. The summed E-state index contributed by atoms with van der Waals surface area (Å²) in [7, 11) is -3.15. The van der Waals surface area contributed by atoms with Gasteiger partial charge in [0.1, 0.15) is 24.1 Å². The van der Waals surface area contributed by atoms with Gasteiger partial charge in [-0.2, -0.15) is 5.09 Å². The van der Waals surface area contributed by atoms with Crippen LogP contribution < -0.4 is 20.9 Å². The van der Waals surface area contributed by atoms with Crippen LogP contribution in [0.3, 0.4) is 0 Å². The summed E-state index contributed by atoms with van der Waals surface area (Å²) in [5.41, 5.74) is -0.150. The van der Waals surface area contributed by atoms with Gasteiger partial charge in [0.25, 0.3) is 5.56 Å². The Morgan fingerprint density at radius 1 is 1.20 bits per heavy atom. The van der Waals surface area contributed by atoms with Crippen LogP contribution in [0.5, 0.6) is 5.75 Å². The Labute approximate surface area is 239 Å². The van der Waals surface area contributed by atoms with Crippen molar-refractivity contribution in [3.63, 3.8) is 0 Å². The number of allylic oxidation sites excluding steroid dienone is 3. The fraction of sp³-hybridized carbons (Fsp3) is 0.464. The van der Waals surface area contributed by atoms with Crippen molar-refractivity contribution in [3.05, 3.63) is 80.7 Å². The largest absolute Gasteiger partial charge is 0.468 e. The summed E-state index contributed by atoms with van der Waals surface area (Å²) in [6.07, 6.45) is 2.29. The van der Waals surface area contributed by atoms with Crippen molar-refractivity contribution in [2.24, 2.45) is 5.92 Å². The molecular formula is C28H40N3O9P. The Balaban J connectivity index is 0.00000138. The van der Waals surface area contributed by atoms with Gasteiger partial charge in [0.15, 0.2) is 6.29 Å². The molecule has 1 aliphatic rings. The highest BCUT2D eigenvalue weighted by atomic mass is 31.2. The first-order valence-electron chi connectivity index (χ1n) is 13.1. The third-order valence-electron chi connectivity index (χ3n) is 5.18. The number of carbonyl (C=O) groups is 1. The zero-order valence-corrected chi connectivity index (χ0v) is 25.3.